The molecule has 4 heteroatoms. The van der Waals surface area contributed by atoms with Crippen molar-refractivity contribution >= 4 is 6.09 Å². The van der Waals surface area contributed by atoms with Gasteiger partial charge < -0.3 is 10.5 Å². The summed E-state index contributed by atoms with van der Waals surface area (Å²) in [7, 11) is 1.40. The molecule has 1 amide bonds. The Balaban J connectivity index is 2.42. The zero-order valence-electron chi connectivity index (χ0n) is 11.0. The molecular weight excluding hydrogens is 228 g/mol. The fraction of sp³-hybridized carbons (Fsp3) is 0.500. The minimum atomic E-state index is -0.739. The van der Waals surface area contributed by atoms with E-state index in [2.05, 4.69) is 0 Å². The lowest BCUT2D eigenvalue weighted by atomic mass is 9.86. The van der Waals surface area contributed by atoms with Crippen molar-refractivity contribution in [1.29, 1.82) is 0 Å². The second-order valence-electron chi connectivity index (χ2n) is 4.82. The van der Waals surface area contributed by atoms with E-state index in [9.17, 15) is 4.79 Å². The third-order valence-corrected chi connectivity index (χ3v) is 3.68. The zero-order chi connectivity index (χ0) is 13.2. The van der Waals surface area contributed by atoms with Gasteiger partial charge >= 0.3 is 6.09 Å². The van der Waals surface area contributed by atoms with Gasteiger partial charge in [-0.25, -0.2) is 4.79 Å². The summed E-state index contributed by atoms with van der Waals surface area (Å²) in [5, 5.41) is 0. The smallest absolute Gasteiger partial charge is 0.411 e. The van der Waals surface area contributed by atoms with E-state index in [1.165, 1.54) is 7.11 Å². The Bertz CT molecular complexity index is 447. The molecule has 1 fully saturated rings. The van der Waals surface area contributed by atoms with Gasteiger partial charge in [-0.15, -0.1) is 0 Å². The quantitative estimate of drug-likeness (QED) is 0.830. The second-order valence-corrected chi connectivity index (χ2v) is 4.82. The molecular formula is C14H20N2O2. The van der Waals surface area contributed by atoms with E-state index in [1.807, 2.05) is 31.2 Å². The molecule has 1 unspecified atom stereocenters. The molecule has 98 valence electrons. The molecule has 1 heterocycles. The van der Waals surface area contributed by atoms with Crippen LogP contribution in [0, 0.1) is 6.92 Å². The van der Waals surface area contributed by atoms with E-state index < -0.39 is 5.66 Å². The fourth-order valence-corrected chi connectivity index (χ4v) is 2.70. The molecule has 0 bridgehead atoms. The van der Waals surface area contributed by atoms with Crippen molar-refractivity contribution in [3.8, 4) is 0 Å². The van der Waals surface area contributed by atoms with Gasteiger partial charge in [0.25, 0.3) is 0 Å². The average molecular weight is 248 g/mol. The maximum atomic E-state index is 11.9. The van der Waals surface area contributed by atoms with Gasteiger partial charge in [0.15, 0.2) is 0 Å². The highest BCUT2D eigenvalue weighted by molar-refractivity contribution is 5.69. The lowest BCUT2D eigenvalue weighted by Gasteiger charge is -2.44. The molecule has 1 saturated heterocycles. The molecule has 1 aliphatic rings. The number of carbonyl (C=O) groups is 1. The first-order valence-corrected chi connectivity index (χ1v) is 6.30. The van der Waals surface area contributed by atoms with Gasteiger partial charge in [-0.05, 0) is 37.3 Å². The van der Waals surface area contributed by atoms with Gasteiger partial charge in [-0.2, -0.15) is 0 Å². The number of benzene rings is 1. The summed E-state index contributed by atoms with van der Waals surface area (Å²) in [5.41, 5.74) is 7.90. The van der Waals surface area contributed by atoms with Gasteiger partial charge in [0.2, 0.25) is 0 Å². The molecule has 1 aromatic rings. The van der Waals surface area contributed by atoms with Crippen molar-refractivity contribution < 1.29 is 9.53 Å². The molecule has 2 rings (SSSR count). The molecule has 0 aromatic heterocycles. The van der Waals surface area contributed by atoms with E-state index >= 15 is 0 Å². The van der Waals surface area contributed by atoms with Crippen molar-refractivity contribution in [3.63, 3.8) is 0 Å². The highest BCUT2D eigenvalue weighted by Gasteiger charge is 2.41. The molecule has 1 aromatic carbocycles. The van der Waals surface area contributed by atoms with Crippen molar-refractivity contribution in [2.24, 2.45) is 5.73 Å². The number of nitrogens with zero attached hydrogens (tertiary/aromatic N) is 1. The Labute approximate surface area is 108 Å². The Hall–Kier alpha value is -1.55. The molecule has 18 heavy (non-hydrogen) atoms. The number of aryl methyl sites for hydroxylation is 1. The molecule has 4 nitrogen and oxygen atoms in total. The van der Waals surface area contributed by atoms with Gasteiger partial charge in [0.1, 0.15) is 5.66 Å². The molecule has 1 aliphatic heterocycles. The van der Waals surface area contributed by atoms with Crippen LogP contribution in [0.25, 0.3) is 0 Å². The standard InChI is InChI=1S/C14H20N2O2/c1-11-7-3-4-8-12(11)14(15)9-5-6-10-16(14)13(17)18-2/h3-4,7-8H,5-6,9-10,15H2,1-2H3. The number of likely N-dealkylation sites (tertiary alicyclic amines) is 1. The Morgan fingerprint density at radius 3 is 2.78 bits per heavy atom. The summed E-state index contributed by atoms with van der Waals surface area (Å²) in [4.78, 5) is 13.5. The Morgan fingerprint density at radius 1 is 1.39 bits per heavy atom. The van der Waals surface area contributed by atoms with Crippen LogP contribution in [0.4, 0.5) is 4.79 Å². The summed E-state index contributed by atoms with van der Waals surface area (Å²) in [6.45, 7) is 2.67. The van der Waals surface area contributed by atoms with Crippen LogP contribution in [0.1, 0.15) is 30.4 Å². The number of amides is 1. The number of ether oxygens (including phenoxy) is 1. The van der Waals surface area contributed by atoms with Gasteiger partial charge in [-0.1, -0.05) is 24.3 Å². The number of methoxy groups -OCH3 is 1. The third kappa shape index (κ3) is 2.08. The summed E-state index contributed by atoms with van der Waals surface area (Å²) < 4.78 is 4.85. The Morgan fingerprint density at radius 2 is 2.11 bits per heavy atom. The minimum Gasteiger partial charge on any atom is -0.453 e. The molecule has 0 aliphatic carbocycles. The maximum absolute atomic E-state index is 11.9. The summed E-state index contributed by atoms with van der Waals surface area (Å²) in [6, 6.07) is 7.96. The number of nitrogens with two attached hydrogens (primary N) is 1. The first kappa shape index (κ1) is 12.9. The summed E-state index contributed by atoms with van der Waals surface area (Å²) in [6.07, 6.45) is 2.42. The normalized spacial score (nSPS) is 23.8. The fourth-order valence-electron chi connectivity index (χ4n) is 2.70. The Kier molecular flexibility index (Phi) is 3.57. The van der Waals surface area contributed by atoms with Crippen LogP contribution in [-0.2, 0) is 10.4 Å². The van der Waals surface area contributed by atoms with E-state index in [4.69, 9.17) is 10.5 Å². The van der Waals surface area contributed by atoms with Crippen LogP contribution in [0.2, 0.25) is 0 Å². The van der Waals surface area contributed by atoms with E-state index in [-0.39, 0.29) is 6.09 Å². The molecule has 0 radical (unpaired) electrons. The average Bonchev–Trinajstić information content (AvgIpc) is 2.39. The number of carbonyl (C=O) groups excluding carboxylic acids is 1. The maximum Gasteiger partial charge on any atom is 0.411 e. The molecule has 0 spiro atoms. The van der Waals surface area contributed by atoms with E-state index in [1.54, 1.807) is 4.90 Å². The van der Waals surface area contributed by atoms with Crippen LogP contribution >= 0.6 is 0 Å². The number of hydrogen-bond acceptors (Lipinski definition) is 3. The lowest BCUT2D eigenvalue weighted by Crippen LogP contribution is -2.58. The van der Waals surface area contributed by atoms with Crippen LogP contribution in [0.15, 0.2) is 24.3 Å². The highest BCUT2D eigenvalue weighted by Crippen LogP contribution is 2.34. The summed E-state index contributed by atoms with van der Waals surface area (Å²) >= 11 is 0. The molecule has 1 atom stereocenters. The topological polar surface area (TPSA) is 55.6 Å². The number of hydrogen-bond donors (Lipinski definition) is 1. The van der Waals surface area contributed by atoms with Crippen molar-refractivity contribution in [3.05, 3.63) is 35.4 Å². The lowest BCUT2D eigenvalue weighted by molar-refractivity contribution is 0.0373. The van der Waals surface area contributed by atoms with Crippen LogP contribution < -0.4 is 5.73 Å². The van der Waals surface area contributed by atoms with Crippen molar-refractivity contribution in [1.82, 2.24) is 4.90 Å². The van der Waals surface area contributed by atoms with Crippen molar-refractivity contribution in [2.75, 3.05) is 13.7 Å². The van der Waals surface area contributed by atoms with Crippen molar-refractivity contribution in [2.45, 2.75) is 31.8 Å². The first-order chi connectivity index (χ1) is 8.59. The predicted octanol–water partition coefficient (Wildman–Crippen LogP) is 2.36. The zero-order valence-corrected chi connectivity index (χ0v) is 11.0. The SMILES string of the molecule is COC(=O)N1CCCCC1(N)c1ccccc1C. The third-order valence-electron chi connectivity index (χ3n) is 3.68. The first-order valence-electron chi connectivity index (χ1n) is 6.30. The van der Waals surface area contributed by atoms with E-state index in [0.29, 0.717) is 6.54 Å². The number of rotatable bonds is 1. The van der Waals surface area contributed by atoms with Crippen LogP contribution in [0.5, 0.6) is 0 Å². The predicted molar refractivity (Wildman–Crippen MR) is 70.0 cm³/mol. The molecule has 2 N–H and O–H groups in total. The van der Waals surface area contributed by atoms with Gasteiger partial charge in [0, 0.05) is 6.54 Å². The van der Waals surface area contributed by atoms with Crippen LogP contribution in [-0.4, -0.2) is 24.6 Å². The number of piperidine rings is 1. The van der Waals surface area contributed by atoms with E-state index in [0.717, 1.165) is 30.4 Å². The highest BCUT2D eigenvalue weighted by atomic mass is 16.5. The minimum absolute atomic E-state index is 0.347. The second kappa shape index (κ2) is 4.98. The molecule has 0 saturated carbocycles. The largest absolute Gasteiger partial charge is 0.453 e. The van der Waals surface area contributed by atoms with Gasteiger partial charge in [0.05, 0.1) is 7.11 Å². The summed E-state index contributed by atoms with van der Waals surface area (Å²) in [5.74, 6) is 0. The monoisotopic (exact) mass is 248 g/mol. The van der Waals surface area contributed by atoms with Gasteiger partial charge in [-0.3, -0.25) is 4.90 Å². The van der Waals surface area contributed by atoms with Crippen LogP contribution in [0.3, 0.4) is 0 Å².